The first-order chi connectivity index (χ1) is 7.86. The molecule has 1 aromatic rings. The summed E-state index contributed by atoms with van der Waals surface area (Å²) in [7, 11) is -3.25. The van der Waals surface area contributed by atoms with E-state index in [1.54, 1.807) is 18.5 Å². The Hall–Kier alpha value is -0.940. The Morgan fingerprint density at radius 1 is 1.53 bits per heavy atom. The molecule has 0 aromatic carbocycles. The fourth-order valence-corrected chi connectivity index (χ4v) is 4.30. The second-order valence-corrected chi connectivity index (χ2v) is 7.05. The maximum absolute atomic E-state index is 11.8. The summed E-state index contributed by atoms with van der Waals surface area (Å²) in [6, 6.07) is 1.80. The van der Waals surface area contributed by atoms with Gasteiger partial charge in [-0.1, -0.05) is 0 Å². The van der Waals surface area contributed by atoms with Crippen LogP contribution in [-0.2, 0) is 15.4 Å². The number of pyridine rings is 1. The number of aromatic nitrogens is 1. The fourth-order valence-electron chi connectivity index (χ4n) is 2.75. The van der Waals surface area contributed by atoms with Crippen LogP contribution in [0.4, 0.5) is 0 Å². The Morgan fingerprint density at radius 2 is 2.24 bits per heavy atom. The number of rotatable bonds is 2. The number of nitrogens with zero attached hydrogens (tertiary/aromatic N) is 1. The van der Waals surface area contributed by atoms with Gasteiger partial charge >= 0.3 is 0 Å². The lowest BCUT2D eigenvalue weighted by Crippen LogP contribution is -2.40. The molecule has 1 saturated carbocycles. The zero-order valence-corrected chi connectivity index (χ0v) is 10.9. The first-order valence-corrected chi connectivity index (χ1v) is 7.63. The third-order valence-corrected chi connectivity index (χ3v) is 5.24. The van der Waals surface area contributed by atoms with Gasteiger partial charge in [-0.2, -0.15) is 0 Å². The van der Waals surface area contributed by atoms with E-state index in [9.17, 15) is 13.5 Å². The van der Waals surface area contributed by atoms with E-state index in [1.165, 1.54) is 6.26 Å². The largest absolute Gasteiger partial charge is 0.384 e. The fraction of sp³-hybridized carbons (Fsp3) is 0.583. The Labute approximate surface area is 102 Å². The molecule has 1 fully saturated rings. The normalized spacial score (nSPS) is 29.5. The van der Waals surface area contributed by atoms with Crippen LogP contribution in [-0.4, -0.2) is 30.0 Å². The number of hydrogen-bond donors (Lipinski definition) is 1. The molecule has 0 spiro atoms. The van der Waals surface area contributed by atoms with Crippen molar-refractivity contribution in [3.8, 4) is 0 Å². The van der Waals surface area contributed by atoms with Crippen molar-refractivity contribution in [3.63, 3.8) is 0 Å². The molecule has 2 unspecified atom stereocenters. The molecule has 2 rings (SSSR count). The monoisotopic (exact) mass is 255 g/mol. The minimum atomic E-state index is -3.25. The second kappa shape index (κ2) is 4.07. The third kappa shape index (κ3) is 2.09. The minimum Gasteiger partial charge on any atom is -0.384 e. The molecule has 1 heterocycles. The van der Waals surface area contributed by atoms with E-state index in [2.05, 4.69) is 4.98 Å². The maximum atomic E-state index is 11.8. The van der Waals surface area contributed by atoms with Crippen LogP contribution in [0.1, 0.15) is 30.4 Å². The van der Waals surface area contributed by atoms with E-state index >= 15 is 0 Å². The highest BCUT2D eigenvalue weighted by molar-refractivity contribution is 7.91. The van der Waals surface area contributed by atoms with Gasteiger partial charge in [-0.3, -0.25) is 4.98 Å². The summed E-state index contributed by atoms with van der Waals surface area (Å²) in [5.41, 5.74) is 0.261. The van der Waals surface area contributed by atoms with E-state index in [0.717, 1.165) is 12.0 Å². The summed E-state index contributed by atoms with van der Waals surface area (Å²) < 4.78 is 23.5. The topological polar surface area (TPSA) is 67.3 Å². The molecule has 0 aliphatic heterocycles. The van der Waals surface area contributed by atoms with Crippen LogP contribution < -0.4 is 0 Å². The highest BCUT2D eigenvalue weighted by atomic mass is 32.2. The third-order valence-electron chi connectivity index (χ3n) is 3.58. The molecule has 0 radical (unpaired) electrons. The van der Waals surface area contributed by atoms with Gasteiger partial charge in [0.1, 0.15) is 5.60 Å². The van der Waals surface area contributed by atoms with Crippen LogP contribution >= 0.6 is 0 Å². The molecule has 1 N–H and O–H groups in total. The summed E-state index contributed by atoms with van der Waals surface area (Å²) >= 11 is 0. The first-order valence-electron chi connectivity index (χ1n) is 5.68. The molecule has 2 atom stereocenters. The molecule has 4 nitrogen and oxygen atoms in total. The van der Waals surface area contributed by atoms with Crippen molar-refractivity contribution in [2.24, 2.45) is 0 Å². The van der Waals surface area contributed by atoms with Gasteiger partial charge in [0.15, 0.2) is 9.84 Å². The molecule has 1 aromatic heterocycles. The predicted molar refractivity (Wildman–Crippen MR) is 65.4 cm³/mol. The Bertz CT molecular complexity index is 526. The van der Waals surface area contributed by atoms with Crippen LogP contribution in [0.2, 0.25) is 0 Å². The van der Waals surface area contributed by atoms with Gasteiger partial charge < -0.3 is 5.11 Å². The van der Waals surface area contributed by atoms with Crippen LogP contribution in [0.3, 0.4) is 0 Å². The van der Waals surface area contributed by atoms with Crippen molar-refractivity contribution in [1.29, 1.82) is 0 Å². The van der Waals surface area contributed by atoms with Crippen molar-refractivity contribution >= 4 is 9.84 Å². The lowest BCUT2D eigenvalue weighted by Gasteiger charge is -2.30. The summed E-state index contributed by atoms with van der Waals surface area (Å²) in [5.74, 6) is 0. The van der Waals surface area contributed by atoms with Gasteiger partial charge in [0.2, 0.25) is 0 Å². The van der Waals surface area contributed by atoms with Gasteiger partial charge in [0.25, 0.3) is 0 Å². The summed E-state index contributed by atoms with van der Waals surface area (Å²) in [5, 5.41) is 10.0. The smallest absolute Gasteiger partial charge is 0.153 e. The van der Waals surface area contributed by atoms with Gasteiger partial charge in [0, 0.05) is 24.2 Å². The number of hydrogen-bond acceptors (Lipinski definition) is 4. The molecule has 1 aliphatic carbocycles. The van der Waals surface area contributed by atoms with Gasteiger partial charge in [0.05, 0.1) is 5.25 Å². The molecule has 17 heavy (non-hydrogen) atoms. The molecule has 0 saturated heterocycles. The first kappa shape index (κ1) is 12.5. The number of aliphatic hydroxyl groups is 1. The average Bonchev–Trinajstić information content (AvgIpc) is 2.61. The van der Waals surface area contributed by atoms with E-state index in [0.29, 0.717) is 18.4 Å². The van der Waals surface area contributed by atoms with Crippen LogP contribution in [0.15, 0.2) is 18.5 Å². The van der Waals surface area contributed by atoms with Crippen LogP contribution in [0.25, 0.3) is 0 Å². The Morgan fingerprint density at radius 3 is 2.82 bits per heavy atom. The molecular weight excluding hydrogens is 238 g/mol. The van der Waals surface area contributed by atoms with E-state index < -0.39 is 20.7 Å². The zero-order valence-electron chi connectivity index (χ0n) is 10.0. The van der Waals surface area contributed by atoms with Crippen molar-refractivity contribution < 1.29 is 13.5 Å². The Balaban J connectivity index is 2.53. The highest BCUT2D eigenvalue weighted by Gasteiger charge is 2.48. The average molecular weight is 255 g/mol. The highest BCUT2D eigenvalue weighted by Crippen LogP contribution is 2.43. The Kier molecular flexibility index (Phi) is 2.99. The molecule has 5 heteroatoms. The van der Waals surface area contributed by atoms with E-state index in [4.69, 9.17) is 0 Å². The van der Waals surface area contributed by atoms with E-state index in [1.807, 2.05) is 6.92 Å². The van der Waals surface area contributed by atoms with Crippen LogP contribution in [0, 0.1) is 6.92 Å². The summed E-state index contributed by atoms with van der Waals surface area (Å²) in [4.78, 5) is 4.00. The predicted octanol–water partition coefficient (Wildman–Crippen LogP) is 1.17. The van der Waals surface area contributed by atoms with Crippen molar-refractivity contribution in [1.82, 2.24) is 4.98 Å². The SMILES string of the molecule is Cc1ccncc1C1(O)CCCC1S(C)(=O)=O. The lowest BCUT2D eigenvalue weighted by atomic mass is 9.90. The maximum Gasteiger partial charge on any atom is 0.153 e. The van der Waals surface area contributed by atoms with E-state index in [-0.39, 0.29) is 0 Å². The number of sulfone groups is 1. The summed E-state index contributed by atoms with van der Waals surface area (Å²) in [6.07, 6.45) is 6.15. The van der Waals surface area contributed by atoms with Crippen LogP contribution in [0.5, 0.6) is 0 Å². The lowest BCUT2D eigenvalue weighted by molar-refractivity contribution is 0.0467. The molecule has 94 valence electrons. The van der Waals surface area contributed by atoms with Crippen molar-refractivity contribution in [2.75, 3.05) is 6.26 Å². The van der Waals surface area contributed by atoms with Gasteiger partial charge in [-0.05, 0) is 37.8 Å². The molecule has 1 aliphatic rings. The van der Waals surface area contributed by atoms with Crippen molar-refractivity contribution in [2.45, 2.75) is 37.0 Å². The molecular formula is C12H17NO3S. The van der Waals surface area contributed by atoms with Gasteiger partial charge in [-0.15, -0.1) is 0 Å². The minimum absolute atomic E-state index is 0.483. The van der Waals surface area contributed by atoms with Crippen molar-refractivity contribution in [3.05, 3.63) is 29.6 Å². The summed E-state index contributed by atoms with van der Waals surface area (Å²) in [6.45, 7) is 1.87. The standard InChI is InChI=1S/C12H17NO3S/c1-9-5-7-13-8-10(9)12(14)6-3-4-11(12)17(2,15)16/h5,7-8,11,14H,3-4,6H2,1-2H3. The zero-order chi connectivity index (χ0) is 12.7. The molecule has 0 amide bonds. The second-order valence-electron chi connectivity index (χ2n) is 4.83. The number of aryl methyl sites for hydroxylation is 1. The van der Waals surface area contributed by atoms with Gasteiger partial charge in [-0.25, -0.2) is 8.42 Å². The quantitative estimate of drug-likeness (QED) is 0.861. The molecule has 0 bridgehead atoms.